The Balaban J connectivity index is 1.15. The van der Waals surface area contributed by atoms with Crippen LogP contribution in [0.25, 0.3) is 17.8 Å². The van der Waals surface area contributed by atoms with Crippen LogP contribution < -0.4 is 19.1 Å². The smallest absolute Gasteiger partial charge is 0.240 e. The Morgan fingerprint density at radius 1 is 0.977 bits per heavy atom. The second-order valence-electron chi connectivity index (χ2n) is 10.2. The summed E-state index contributed by atoms with van der Waals surface area (Å²) in [5.74, 6) is 1.83. The van der Waals surface area contributed by atoms with Crippen LogP contribution in [0.4, 0.5) is 5.13 Å². The first-order valence-electron chi connectivity index (χ1n) is 14.6. The van der Waals surface area contributed by atoms with Crippen molar-refractivity contribution >= 4 is 40.0 Å². The quantitative estimate of drug-likeness (QED) is 0.149. The van der Waals surface area contributed by atoms with Crippen molar-refractivity contribution in [3.63, 3.8) is 0 Å². The van der Waals surface area contributed by atoms with Crippen LogP contribution in [0, 0.1) is 6.92 Å². The molecule has 6 rings (SSSR count). The van der Waals surface area contributed by atoms with Gasteiger partial charge in [-0.3, -0.25) is 0 Å². The third-order valence-corrected chi connectivity index (χ3v) is 9.25. The Bertz CT molecular complexity index is 1710. The molecule has 2 aromatic carbocycles. The highest BCUT2D eigenvalue weighted by molar-refractivity contribution is 7.15. The number of ether oxygens (including phenoxy) is 4. The van der Waals surface area contributed by atoms with Crippen LogP contribution in [0.2, 0.25) is 0 Å². The number of rotatable bonds is 12. The maximum absolute atomic E-state index is 6.27. The summed E-state index contributed by atoms with van der Waals surface area (Å²) >= 11 is 3.36. The van der Waals surface area contributed by atoms with Crippen LogP contribution in [0.1, 0.15) is 39.3 Å². The molecule has 3 aromatic heterocycles. The van der Waals surface area contributed by atoms with E-state index >= 15 is 0 Å². The molecule has 1 saturated heterocycles. The molecule has 9 nitrogen and oxygen atoms in total. The Kier molecular flexibility index (Phi) is 9.55. The summed E-state index contributed by atoms with van der Waals surface area (Å²) in [6.45, 7) is 8.06. The minimum absolute atomic E-state index is 0.314. The lowest BCUT2D eigenvalue weighted by Crippen LogP contribution is -2.36. The largest absolute Gasteiger partial charge is 0.493 e. The van der Waals surface area contributed by atoms with Crippen molar-refractivity contribution in [2.75, 3.05) is 38.3 Å². The first-order chi connectivity index (χ1) is 21.6. The number of para-hydroxylation sites is 1. The highest BCUT2D eigenvalue weighted by Crippen LogP contribution is 2.32. The molecule has 0 amide bonds. The lowest BCUT2D eigenvalue weighted by atomic mass is 10.2. The van der Waals surface area contributed by atoms with E-state index < -0.39 is 0 Å². The molecule has 0 spiro atoms. The topological polar surface area (TPSA) is 83.8 Å². The highest BCUT2D eigenvalue weighted by atomic mass is 32.1. The van der Waals surface area contributed by atoms with Crippen LogP contribution in [0.5, 0.6) is 17.4 Å². The number of aromatic nitrogens is 4. The first-order valence-corrected chi connectivity index (χ1v) is 16.3. The Morgan fingerprint density at radius 3 is 2.59 bits per heavy atom. The zero-order chi connectivity index (χ0) is 30.3. The number of nitrogens with zero attached hydrogens (tertiary/aromatic N) is 5. The minimum atomic E-state index is 0.314. The van der Waals surface area contributed by atoms with Gasteiger partial charge in [0.15, 0.2) is 16.6 Å². The molecule has 5 aromatic rings. The van der Waals surface area contributed by atoms with Crippen LogP contribution >= 0.6 is 22.7 Å². The van der Waals surface area contributed by atoms with Crippen molar-refractivity contribution in [1.29, 1.82) is 0 Å². The second-order valence-corrected chi connectivity index (χ2v) is 12.3. The van der Waals surface area contributed by atoms with Gasteiger partial charge in [0.1, 0.15) is 13.2 Å². The van der Waals surface area contributed by atoms with Gasteiger partial charge in [0, 0.05) is 29.5 Å². The third-order valence-electron chi connectivity index (χ3n) is 7.16. The molecule has 4 heterocycles. The molecule has 1 aliphatic heterocycles. The van der Waals surface area contributed by atoms with Crippen LogP contribution in [-0.2, 0) is 24.4 Å². The first kappa shape index (κ1) is 29.9. The number of hydrogen-bond acceptors (Lipinski definition) is 10. The number of morpholine rings is 1. The molecule has 0 atom stereocenters. The van der Waals surface area contributed by atoms with E-state index in [0.717, 1.165) is 75.9 Å². The van der Waals surface area contributed by atoms with Gasteiger partial charge >= 0.3 is 0 Å². The van der Waals surface area contributed by atoms with Gasteiger partial charge in [-0.1, -0.05) is 31.2 Å². The van der Waals surface area contributed by atoms with E-state index in [4.69, 9.17) is 29.0 Å². The summed E-state index contributed by atoms with van der Waals surface area (Å²) in [5, 5.41) is 8.94. The molecule has 1 fully saturated rings. The zero-order valence-electron chi connectivity index (χ0n) is 25.1. The van der Waals surface area contributed by atoms with Gasteiger partial charge in [0.05, 0.1) is 48.0 Å². The van der Waals surface area contributed by atoms with Crippen LogP contribution in [-0.4, -0.2) is 53.2 Å². The summed E-state index contributed by atoms with van der Waals surface area (Å²) in [4.78, 5) is 12.9. The van der Waals surface area contributed by atoms with Crippen molar-refractivity contribution in [2.24, 2.45) is 0 Å². The van der Waals surface area contributed by atoms with Crippen molar-refractivity contribution in [2.45, 2.75) is 33.5 Å². The van der Waals surface area contributed by atoms with E-state index in [9.17, 15) is 0 Å². The fourth-order valence-corrected chi connectivity index (χ4v) is 6.38. The summed E-state index contributed by atoms with van der Waals surface area (Å²) in [6.07, 6.45) is 6.89. The molecule has 0 saturated carbocycles. The van der Waals surface area contributed by atoms with E-state index in [0.29, 0.717) is 30.6 Å². The maximum Gasteiger partial charge on any atom is 0.240 e. The number of hydrogen-bond donors (Lipinski definition) is 0. The molecule has 0 N–H and O–H groups in total. The van der Waals surface area contributed by atoms with E-state index in [1.165, 1.54) is 0 Å². The molecule has 0 radical (unpaired) electrons. The second kappa shape index (κ2) is 14.1. The van der Waals surface area contributed by atoms with Gasteiger partial charge < -0.3 is 23.8 Å². The monoisotopic (exact) mass is 629 g/mol. The average molecular weight is 630 g/mol. The van der Waals surface area contributed by atoms with E-state index in [1.54, 1.807) is 29.8 Å². The third kappa shape index (κ3) is 7.12. The summed E-state index contributed by atoms with van der Waals surface area (Å²) < 4.78 is 25.4. The molecule has 0 unspecified atom stereocenters. The number of methoxy groups -OCH3 is 1. The molecule has 228 valence electrons. The van der Waals surface area contributed by atoms with E-state index in [2.05, 4.69) is 29.1 Å². The number of benzene rings is 2. The van der Waals surface area contributed by atoms with Crippen molar-refractivity contribution in [3.05, 3.63) is 92.5 Å². The SMILES string of the molecule is CCc1nc(/C=C/c2cn(-c3ccccc3)nc2OCc2ccc(OCc3nc(N4CCOCC4)sc3C)c(OC)c2)cs1. The molecule has 0 aliphatic carbocycles. The van der Waals surface area contributed by atoms with E-state index in [1.807, 2.05) is 71.6 Å². The summed E-state index contributed by atoms with van der Waals surface area (Å²) in [7, 11) is 1.64. The molecular formula is C33H35N5O4S2. The van der Waals surface area contributed by atoms with E-state index in [-0.39, 0.29) is 0 Å². The van der Waals surface area contributed by atoms with Crippen molar-refractivity contribution in [3.8, 4) is 23.1 Å². The van der Waals surface area contributed by atoms with Crippen LogP contribution in [0.15, 0.2) is 60.1 Å². The normalized spacial score (nSPS) is 13.5. The zero-order valence-corrected chi connectivity index (χ0v) is 26.7. The predicted octanol–water partition coefficient (Wildman–Crippen LogP) is 6.83. The fraction of sp³-hybridized carbons (Fsp3) is 0.303. The Labute approximate surface area is 265 Å². The van der Waals surface area contributed by atoms with Gasteiger partial charge in [-0.2, -0.15) is 0 Å². The van der Waals surface area contributed by atoms with Crippen LogP contribution in [0.3, 0.4) is 0 Å². The minimum Gasteiger partial charge on any atom is -0.493 e. The lowest BCUT2D eigenvalue weighted by molar-refractivity contribution is 0.122. The summed E-state index contributed by atoms with van der Waals surface area (Å²) in [6, 6.07) is 15.8. The molecule has 44 heavy (non-hydrogen) atoms. The van der Waals surface area contributed by atoms with Gasteiger partial charge in [0.25, 0.3) is 0 Å². The average Bonchev–Trinajstić information content (AvgIpc) is 3.81. The summed E-state index contributed by atoms with van der Waals surface area (Å²) in [5.41, 5.74) is 4.61. The molecule has 1 aliphatic rings. The molecule has 11 heteroatoms. The standard InChI is InChI=1S/C33H35N5O4S2/c1-4-31-34-26(22-43-31)12-11-25-19-38(27-8-6-5-7-9-27)36-32(25)42-20-24-10-13-29(30(18-24)39-3)41-21-28-23(2)44-33(35-28)37-14-16-40-17-15-37/h5-13,18-19,22H,4,14-17,20-21H2,1-3H3/b12-11+. The number of thiazole rings is 2. The Morgan fingerprint density at radius 2 is 1.82 bits per heavy atom. The van der Waals surface area contributed by atoms with Crippen molar-refractivity contribution in [1.82, 2.24) is 19.7 Å². The number of aryl methyl sites for hydroxylation is 2. The lowest BCUT2D eigenvalue weighted by Gasteiger charge is -2.26. The Hall–Kier alpha value is -4.19. The molecular weight excluding hydrogens is 595 g/mol. The van der Waals surface area contributed by atoms with Gasteiger partial charge in [0.2, 0.25) is 5.88 Å². The van der Waals surface area contributed by atoms with Gasteiger partial charge in [-0.25, -0.2) is 14.6 Å². The predicted molar refractivity (Wildman–Crippen MR) is 176 cm³/mol. The van der Waals surface area contributed by atoms with Gasteiger partial charge in [-0.15, -0.1) is 27.8 Å². The molecule has 0 bridgehead atoms. The number of anilines is 1. The van der Waals surface area contributed by atoms with Gasteiger partial charge in [-0.05, 0) is 55.3 Å². The highest BCUT2D eigenvalue weighted by Gasteiger charge is 2.18. The fourth-order valence-electron chi connectivity index (χ4n) is 4.71. The maximum atomic E-state index is 6.27. The van der Waals surface area contributed by atoms with Crippen molar-refractivity contribution < 1.29 is 18.9 Å².